The molecule has 3 heterocycles. The second-order valence-corrected chi connectivity index (χ2v) is 14.5. The van der Waals surface area contributed by atoms with Crippen LogP contribution in [0.25, 0.3) is 16.3 Å². The molecule has 4 aromatic carbocycles. The summed E-state index contributed by atoms with van der Waals surface area (Å²) in [4.78, 5) is 21.7. The van der Waals surface area contributed by atoms with Crippen LogP contribution >= 0.6 is 0 Å². The maximum Gasteiger partial charge on any atom is 0.250 e. The number of rotatable bonds is 12. The average molecular weight is 727 g/mol. The van der Waals surface area contributed by atoms with Gasteiger partial charge in [0.1, 0.15) is 29.1 Å². The molecule has 7 rings (SSSR count). The van der Waals surface area contributed by atoms with E-state index < -0.39 is 11.3 Å². The van der Waals surface area contributed by atoms with Crippen molar-refractivity contribution in [1.82, 2.24) is 9.80 Å². The molecule has 278 valence electrons. The summed E-state index contributed by atoms with van der Waals surface area (Å²) in [6.07, 6.45) is 3.06. The first-order valence-corrected chi connectivity index (χ1v) is 19.0. The van der Waals surface area contributed by atoms with Gasteiger partial charge in [-0.05, 0) is 68.0 Å². The molecular weight excluding hydrogens is 680 g/mol. The van der Waals surface area contributed by atoms with Gasteiger partial charge in [0.2, 0.25) is 5.91 Å². The normalized spacial score (nSPS) is 21.0. The van der Waals surface area contributed by atoms with E-state index >= 15 is 0 Å². The molecule has 9 nitrogen and oxygen atoms in total. The highest BCUT2D eigenvalue weighted by Crippen LogP contribution is 2.44. The topological polar surface area (TPSA) is 105 Å². The summed E-state index contributed by atoms with van der Waals surface area (Å²) in [7, 11) is 0. The number of carbonyl (C=O) groups is 1. The third-order valence-corrected chi connectivity index (χ3v) is 11.6. The number of fused-ring (bicyclic) bond motifs is 1. The van der Waals surface area contributed by atoms with Gasteiger partial charge in [-0.1, -0.05) is 73.7 Å². The first-order chi connectivity index (χ1) is 26.3. The lowest BCUT2D eigenvalue weighted by Crippen LogP contribution is -2.62. The fourth-order valence-corrected chi connectivity index (χ4v) is 8.80. The Labute approximate surface area is 317 Å². The Bertz CT molecular complexity index is 2070. The number of likely N-dealkylation sites (tertiary alicyclic amines) is 1. The number of hydrogen-bond acceptors (Lipinski definition) is 8. The van der Waals surface area contributed by atoms with Crippen molar-refractivity contribution in [2.75, 3.05) is 62.8 Å². The van der Waals surface area contributed by atoms with Crippen molar-refractivity contribution in [2.24, 2.45) is 5.92 Å². The Kier molecular flexibility index (Phi) is 11.0. The molecule has 2 unspecified atom stereocenters. The predicted molar refractivity (Wildman–Crippen MR) is 209 cm³/mol. The van der Waals surface area contributed by atoms with E-state index in [1.807, 2.05) is 71.6 Å². The zero-order valence-corrected chi connectivity index (χ0v) is 31.1. The van der Waals surface area contributed by atoms with Gasteiger partial charge in [-0.2, -0.15) is 10.5 Å². The van der Waals surface area contributed by atoms with Gasteiger partial charge in [-0.15, -0.1) is 0 Å². The van der Waals surface area contributed by atoms with E-state index in [9.17, 15) is 19.7 Å². The van der Waals surface area contributed by atoms with Crippen LogP contribution in [0.4, 0.5) is 15.8 Å². The lowest BCUT2D eigenvalue weighted by Gasteiger charge is -2.49. The van der Waals surface area contributed by atoms with Crippen molar-refractivity contribution in [2.45, 2.75) is 50.9 Å². The zero-order valence-electron chi connectivity index (χ0n) is 31.1. The van der Waals surface area contributed by atoms with Gasteiger partial charge < -0.3 is 29.5 Å². The lowest BCUT2D eigenvalue weighted by atomic mass is 9.74. The minimum atomic E-state index is -0.857. The number of nitriles is 2. The quantitative estimate of drug-likeness (QED) is 0.149. The molecule has 10 heteroatoms. The van der Waals surface area contributed by atoms with Crippen molar-refractivity contribution in [3.05, 3.63) is 114 Å². The number of allylic oxidation sites excluding steroid dienone is 2. The molecule has 0 saturated carbocycles. The molecule has 3 aliphatic heterocycles. The molecule has 1 N–H and O–H groups in total. The molecule has 0 aromatic heterocycles. The highest BCUT2D eigenvalue weighted by molar-refractivity contribution is 6.00. The second kappa shape index (κ2) is 16.0. The van der Waals surface area contributed by atoms with Crippen molar-refractivity contribution in [1.29, 1.82) is 10.5 Å². The van der Waals surface area contributed by atoms with Crippen molar-refractivity contribution < 1.29 is 18.7 Å². The summed E-state index contributed by atoms with van der Waals surface area (Å²) in [5.74, 6) is -0.873. The summed E-state index contributed by atoms with van der Waals surface area (Å²) in [6, 6.07) is 32.8. The monoisotopic (exact) mass is 726 g/mol. The number of benzene rings is 4. The number of ether oxygens (including phenoxy) is 2. The fourth-order valence-electron chi connectivity index (χ4n) is 8.80. The van der Waals surface area contributed by atoms with E-state index in [2.05, 4.69) is 34.2 Å². The first-order valence-electron chi connectivity index (χ1n) is 19.0. The first kappa shape index (κ1) is 37.1. The summed E-state index contributed by atoms with van der Waals surface area (Å²) in [6.45, 7) is 8.92. The van der Waals surface area contributed by atoms with E-state index in [-0.39, 0.29) is 23.2 Å². The third-order valence-electron chi connectivity index (χ3n) is 11.6. The number of nitrogens with one attached hydrogen (secondary N) is 1. The highest BCUT2D eigenvalue weighted by atomic mass is 19.1. The molecule has 0 radical (unpaired) electrons. The number of amides is 1. The number of piperidine rings is 1. The molecule has 4 aromatic rings. The SMILES string of the molecule is CCC1CN(CCCC2(c3ccc(F)cc3)OCCO2)CCC12C(=O)N(CCNc1c(C(C)=C(C#N)C#N)ccc3ccccc13)CN2c1ccccc1. The smallest absolute Gasteiger partial charge is 0.250 e. The van der Waals surface area contributed by atoms with Crippen LogP contribution in [0.15, 0.2) is 96.6 Å². The van der Waals surface area contributed by atoms with Crippen molar-refractivity contribution in [3.8, 4) is 12.1 Å². The standard InChI is InChI=1S/C44H47FN6O3/c1-3-35-30-49(23-9-20-44(53-26-27-54-44)36-15-17-37(45)18-16-36)24-21-43(35)42(52)50(31-51(43)38-11-5-4-6-12-38)25-22-48-41-39(32(2)34(28-46)29-47)19-14-33-10-7-8-13-40(33)41/h4-8,10-19,35,48H,3,9,20-27,30-31H2,1-2H3. The van der Waals surface area contributed by atoms with E-state index in [1.165, 1.54) is 12.1 Å². The van der Waals surface area contributed by atoms with Gasteiger partial charge in [-0.3, -0.25) is 4.79 Å². The number of carbonyl (C=O) groups excluding carboxylic acids is 1. The molecular formula is C44H47FN6O3. The average Bonchev–Trinajstić information content (AvgIpc) is 3.79. The van der Waals surface area contributed by atoms with Gasteiger partial charge in [0.15, 0.2) is 5.79 Å². The lowest BCUT2D eigenvalue weighted by molar-refractivity contribution is -0.172. The molecule has 3 saturated heterocycles. The van der Waals surface area contributed by atoms with Gasteiger partial charge in [-0.25, -0.2) is 4.39 Å². The molecule has 0 bridgehead atoms. The summed E-state index contributed by atoms with van der Waals surface area (Å²) < 4.78 is 26.0. The predicted octanol–water partition coefficient (Wildman–Crippen LogP) is 7.67. The van der Waals surface area contributed by atoms with E-state index in [0.29, 0.717) is 51.4 Å². The maximum atomic E-state index is 14.8. The van der Waals surface area contributed by atoms with Crippen LogP contribution in [0.1, 0.15) is 50.7 Å². The van der Waals surface area contributed by atoms with Crippen molar-refractivity contribution in [3.63, 3.8) is 0 Å². The van der Waals surface area contributed by atoms with Crippen LogP contribution in [0.2, 0.25) is 0 Å². The van der Waals surface area contributed by atoms with Gasteiger partial charge in [0.25, 0.3) is 0 Å². The van der Waals surface area contributed by atoms with Crippen LogP contribution in [0.5, 0.6) is 0 Å². The molecule has 0 aliphatic carbocycles. The molecule has 3 aliphatic rings. The molecule has 3 fully saturated rings. The third kappa shape index (κ3) is 6.94. The number of hydrogen-bond donors (Lipinski definition) is 1. The van der Waals surface area contributed by atoms with Crippen LogP contribution in [0, 0.1) is 34.4 Å². The minimum Gasteiger partial charge on any atom is -0.382 e. The van der Waals surface area contributed by atoms with Gasteiger partial charge >= 0.3 is 0 Å². The molecule has 1 amide bonds. The Morgan fingerprint density at radius 2 is 1.67 bits per heavy atom. The number of anilines is 2. The van der Waals surface area contributed by atoms with E-state index in [4.69, 9.17) is 9.47 Å². The molecule has 54 heavy (non-hydrogen) atoms. The van der Waals surface area contributed by atoms with E-state index in [0.717, 1.165) is 65.8 Å². The Morgan fingerprint density at radius 3 is 2.39 bits per heavy atom. The van der Waals surface area contributed by atoms with Crippen LogP contribution in [-0.2, 0) is 20.1 Å². The number of halogens is 1. The minimum absolute atomic E-state index is 0.0769. The van der Waals surface area contributed by atoms with Crippen LogP contribution in [-0.4, -0.2) is 73.9 Å². The maximum absolute atomic E-state index is 14.8. The number of para-hydroxylation sites is 1. The molecule has 2 atom stereocenters. The summed E-state index contributed by atoms with van der Waals surface area (Å²) in [5, 5.41) is 24.9. The largest absolute Gasteiger partial charge is 0.382 e. The zero-order chi connectivity index (χ0) is 37.7. The van der Waals surface area contributed by atoms with Crippen LogP contribution in [0.3, 0.4) is 0 Å². The van der Waals surface area contributed by atoms with Gasteiger partial charge in [0, 0.05) is 66.4 Å². The second-order valence-electron chi connectivity index (χ2n) is 14.5. The Balaban J connectivity index is 1.08. The number of nitrogens with zero attached hydrogens (tertiary/aromatic N) is 5. The summed E-state index contributed by atoms with van der Waals surface area (Å²) >= 11 is 0. The fraction of sp³-hybridized carbons (Fsp3) is 0.386. The van der Waals surface area contributed by atoms with E-state index in [1.54, 1.807) is 19.1 Å². The van der Waals surface area contributed by atoms with Crippen molar-refractivity contribution >= 4 is 33.6 Å². The van der Waals surface area contributed by atoms with Gasteiger partial charge in [0.05, 0.1) is 19.9 Å². The Hall–Kier alpha value is -5.26. The Morgan fingerprint density at radius 1 is 0.944 bits per heavy atom. The molecule has 1 spiro atoms. The highest BCUT2D eigenvalue weighted by Gasteiger charge is 2.58. The van der Waals surface area contributed by atoms with Crippen LogP contribution < -0.4 is 10.2 Å². The summed E-state index contributed by atoms with van der Waals surface area (Å²) in [5.41, 5.74) is 3.56.